The number of rotatable bonds is 6. The molecule has 9 nitrogen and oxygen atoms in total. The van der Waals surface area contributed by atoms with Crippen LogP contribution in [0.2, 0.25) is 0 Å². The third-order valence-electron chi connectivity index (χ3n) is 8.19. The lowest BCUT2D eigenvalue weighted by molar-refractivity contribution is 0.186. The number of tetrazole rings is 1. The summed E-state index contributed by atoms with van der Waals surface area (Å²) in [6, 6.07) is 14.1. The normalized spacial score (nSPS) is 15.9. The Kier molecular flexibility index (Phi) is 6.47. The molecule has 1 atom stereocenters. The van der Waals surface area contributed by atoms with Crippen molar-refractivity contribution >= 4 is 37.6 Å². The van der Waals surface area contributed by atoms with E-state index in [-0.39, 0.29) is 17.1 Å². The highest BCUT2D eigenvalue weighted by Crippen LogP contribution is 2.34. The van der Waals surface area contributed by atoms with Crippen LogP contribution >= 0.6 is 11.3 Å². The summed E-state index contributed by atoms with van der Waals surface area (Å²) in [7, 11) is 0. The number of fused-ring (bicyclic) bond motifs is 2. The molecule has 0 amide bonds. The minimum Gasteiger partial charge on any atom is -0.345 e. The van der Waals surface area contributed by atoms with Crippen LogP contribution in [0.1, 0.15) is 55.7 Å². The third-order valence-corrected chi connectivity index (χ3v) is 9.29. The van der Waals surface area contributed by atoms with E-state index >= 15 is 0 Å². The number of anilines is 1. The number of thiazole rings is 1. The molecule has 10 heteroatoms. The van der Waals surface area contributed by atoms with Crippen molar-refractivity contribution in [1.82, 2.24) is 35.1 Å². The summed E-state index contributed by atoms with van der Waals surface area (Å²) < 4.78 is 3.10. The number of aromatic nitrogens is 6. The Bertz CT molecular complexity index is 1680. The SMILES string of the molecule is CCC(C)(C)n1nnnc1C(c1cc2cc(C)c(C)cc2[nH]c1=O)N1CCN(c2nc3ccccc3s2)CC1. The fourth-order valence-electron chi connectivity index (χ4n) is 5.31. The summed E-state index contributed by atoms with van der Waals surface area (Å²) in [6.07, 6.45) is 0.857. The van der Waals surface area contributed by atoms with Crippen molar-refractivity contribution in [1.29, 1.82) is 0 Å². The Morgan fingerprint density at radius 2 is 1.79 bits per heavy atom. The van der Waals surface area contributed by atoms with Crippen LogP contribution in [0.15, 0.2) is 47.3 Å². The van der Waals surface area contributed by atoms with Crippen LogP contribution in [0.3, 0.4) is 0 Å². The van der Waals surface area contributed by atoms with Crippen molar-refractivity contribution in [3.8, 4) is 0 Å². The molecule has 5 aromatic rings. The Morgan fingerprint density at radius 3 is 2.54 bits per heavy atom. The van der Waals surface area contributed by atoms with Gasteiger partial charge in [-0.15, -0.1) is 5.10 Å². The maximum Gasteiger partial charge on any atom is 0.253 e. The fraction of sp³-hybridized carbons (Fsp3) is 0.414. The van der Waals surface area contributed by atoms with Crippen LogP contribution in [-0.4, -0.2) is 61.3 Å². The van der Waals surface area contributed by atoms with Crippen molar-refractivity contribution in [3.63, 3.8) is 0 Å². The van der Waals surface area contributed by atoms with Crippen LogP contribution in [0.4, 0.5) is 5.13 Å². The lowest BCUT2D eigenvalue weighted by atomic mass is 9.98. The van der Waals surface area contributed by atoms with E-state index in [1.165, 1.54) is 10.3 Å². The first kappa shape index (κ1) is 25.6. The van der Waals surface area contributed by atoms with Gasteiger partial charge in [-0.05, 0) is 91.4 Å². The molecule has 1 N–H and O–H groups in total. The largest absolute Gasteiger partial charge is 0.345 e. The molecule has 1 unspecified atom stereocenters. The number of nitrogens with zero attached hydrogens (tertiary/aromatic N) is 7. The molecule has 3 aromatic heterocycles. The highest BCUT2D eigenvalue weighted by atomic mass is 32.1. The minimum absolute atomic E-state index is 0.104. The molecule has 202 valence electrons. The Balaban J connectivity index is 1.40. The molecule has 0 radical (unpaired) electrons. The highest BCUT2D eigenvalue weighted by molar-refractivity contribution is 7.22. The second-order valence-electron chi connectivity index (χ2n) is 11.1. The maximum atomic E-state index is 13.6. The average Bonchev–Trinajstić information content (AvgIpc) is 3.59. The van der Waals surface area contributed by atoms with Gasteiger partial charge >= 0.3 is 0 Å². The van der Waals surface area contributed by atoms with Gasteiger partial charge < -0.3 is 9.88 Å². The molecule has 39 heavy (non-hydrogen) atoms. The van der Waals surface area contributed by atoms with Crippen molar-refractivity contribution in [2.24, 2.45) is 0 Å². The number of para-hydroxylation sites is 1. The van der Waals surface area contributed by atoms with Crippen molar-refractivity contribution in [2.45, 2.75) is 52.6 Å². The maximum absolute atomic E-state index is 13.6. The zero-order chi connectivity index (χ0) is 27.3. The monoisotopic (exact) mass is 542 g/mol. The van der Waals surface area contributed by atoms with Crippen molar-refractivity contribution in [3.05, 3.63) is 75.3 Å². The molecule has 1 saturated heterocycles. The first-order valence-corrected chi connectivity index (χ1v) is 14.3. The minimum atomic E-state index is -0.377. The van der Waals surface area contributed by atoms with Gasteiger partial charge in [-0.2, -0.15) is 0 Å². The van der Waals surface area contributed by atoms with Gasteiger partial charge in [-0.25, -0.2) is 9.67 Å². The first-order valence-electron chi connectivity index (χ1n) is 13.5. The number of hydrogen-bond donors (Lipinski definition) is 1. The van der Waals surface area contributed by atoms with E-state index in [0.29, 0.717) is 11.4 Å². The molecule has 0 saturated carbocycles. The summed E-state index contributed by atoms with van der Waals surface area (Å²) in [5.41, 5.74) is 4.50. The van der Waals surface area contributed by atoms with Crippen LogP contribution in [0, 0.1) is 13.8 Å². The predicted molar refractivity (Wildman–Crippen MR) is 157 cm³/mol. The fourth-order valence-corrected chi connectivity index (χ4v) is 6.33. The van der Waals surface area contributed by atoms with Gasteiger partial charge in [-0.1, -0.05) is 30.4 Å². The Labute approximate surface area is 231 Å². The van der Waals surface area contributed by atoms with E-state index in [1.54, 1.807) is 11.3 Å². The summed E-state index contributed by atoms with van der Waals surface area (Å²) in [5, 5.41) is 15.1. The number of nitrogens with one attached hydrogen (secondary N) is 1. The lowest BCUT2D eigenvalue weighted by Gasteiger charge is -2.39. The van der Waals surface area contributed by atoms with Crippen LogP contribution < -0.4 is 10.5 Å². The van der Waals surface area contributed by atoms with E-state index in [0.717, 1.165) is 59.7 Å². The summed E-state index contributed by atoms with van der Waals surface area (Å²) in [5.74, 6) is 0.698. The highest BCUT2D eigenvalue weighted by Gasteiger charge is 2.36. The van der Waals surface area contributed by atoms with Gasteiger partial charge in [0.1, 0.15) is 6.04 Å². The summed E-state index contributed by atoms with van der Waals surface area (Å²) in [6.45, 7) is 13.7. The molecule has 1 fully saturated rings. The second-order valence-corrected chi connectivity index (χ2v) is 12.1. The molecular formula is C29H34N8OS. The van der Waals surface area contributed by atoms with Gasteiger partial charge in [0.15, 0.2) is 11.0 Å². The molecule has 4 heterocycles. The van der Waals surface area contributed by atoms with E-state index < -0.39 is 0 Å². The van der Waals surface area contributed by atoms with Gasteiger partial charge in [-0.3, -0.25) is 9.69 Å². The molecule has 2 aromatic carbocycles. The van der Waals surface area contributed by atoms with Crippen LogP contribution in [0.25, 0.3) is 21.1 Å². The van der Waals surface area contributed by atoms with Crippen LogP contribution in [-0.2, 0) is 5.54 Å². The number of hydrogen-bond acceptors (Lipinski definition) is 8. The number of aromatic amines is 1. The Hall–Kier alpha value is -3.63. The van der Waals surface area contributed by atoms with E-state index in [2.05, 4.69) is 89.2 Å². The number of pyridine rings is 1. The topological polar surface area (TPSA) is 95.8 Å². The third kappa shape index (κ3) is 4.61. The number of piperazine rings is 1. The number of benzene rings is 2. The zero-order valence-corrected chi connectivity index (χ0v) is 23.9. The molecular weight excluding hydrogens is 508 g/mol. The van der Waals surface area contributed by atoms with Gasteiger partial charge in [0.25, 0.3) is 5.56 Å². The average molecular weight is 543 g/mol. The second kappa shape index (κ2) is 9.84. The van der Waals surface area contributed by atoms with Crippen molar-refractivity contribution < 1.29 is 0 Å². The van der Waals surface area contributed by atoms with E-state index in [1.807, 2.05) is 22.9 Å². The number of H-pyrrole nitrogens is 1. The summed E-state index contributed by atoms with van der Waals surface area (Å²) >= 11 is 1.73. The molecule has 1 aliphatic rings. The molecule has 0 spiro atoms. The van der Waals surface area contributed by atoms with Gasteiger partial charge in [0.05, 0.1) is 15.8 Å². The van der Waals surface area contributed by atoms with E-state index in [9.17, 15) is 4.79 Å². The molecule has 1 aliphatic heterocycles. The van der Waals surface area contributed by atoms with Crippen molar-refractivity contribution in [2.75, 3.05) is 31.1 Å². The standard InChI is InChI=1S/C29H34N8OS/c1-6-29(4,5)37-26(32-33-34-37)25(21-17-20-15-18(2)19(3)16-23(20)30-27(21)38)35-11-13-36(14-12-35)28-31-22-9-7-8-10-24(22)39-28/h7-10,15-17,25H,6,11-14H2,1-5H3,(H,30,38). The first-order chi connectivity index (χ1) is 18.7. The van der Waals surface area contributed by atoms with E-state index in [4.69, 9.17) is 4.98 Å². The quantitative estimate of drug-likeness (QED) is 0.329. The smallest absolute Gasteiger partial charge is 0.253 e. The molecule has 0 aliphatic carbocycles. The summed E-state index contributed by atoms with van der Waals surface area (Å²) in [4.78, 5) is 26.3. The van der Waals surface area contributed by atoms with Gasteiger partial charge in [0, 0.05) is 37.3 Å². The molecule has 6 rings (SSSR count). The van der Waals surface area contributed by atoms with Gasteiger partial charge in [0.2, 0.25) is 0 Å². The Morgan fingerprint density at radius 1 is 1.05 bits per heavy atom. The molecule has 0 bridgehead atoms. The predicted octanol–water partition coefficient (Wildman–Crippen LogP) is 4.80. The number of aryl methyl sites for hydroxylation is 2. The zero-order valence-electron chi connectivity index (χ0n) is 23.1. The van der Waals surface area contributed by atoms with Crippen LogP contribution in [0.5, 0.6) is 0 Å². The lowest BCUT2D eigenvalue weighted by Crippen LogP contribution is -2.49.